The van der Waals surface area contributed by atoms with Crippen molar-refractivity contribution in [1.82, 2.24) is 4.57 Å². The van der Waals surface area contributed by atoms with Crippen molar-refractivity contribution in [1.29, 1.82) is 0 Å². The molecule has 0 bridgehead atoms. The molecule has 110 valence electrons. The van der Waals surface area contributed by atoms with Crippen molar-refractivity contribution in [3.63, 3.8) is 0 Å². The van der Waals surface area contributed by atoms with E-state index in [2.05, 4.69) is 5.32 Å². The van der Waals surface area contributed by atoms with E-state index < -0.39 is 5.97 Å². The van der Waals surface area contributed by atoms with Gasteiger partial charge >= 0.3 is 5.97 Å². The van der Waals surface area contributed by atoms with Crippen LogP contribution in [0.1, 0.15) is 34.2 Å². The molecule has 6 heteroatoms. The molecule has 0 aliphatic rings. The van der Waals surface area contributed by atoms with Crippen LogP contribution in [0.3, 0.4) is 0 Å². The second-order valence-electron chi connectivity index (χ2n) is 4.54. The van der Waals surface area contributed by atoms with Gasteiger partial charge in [0.1, 0.15) is 5.69 Å². The van der Waals surface area contributed by atoms with E-state index in [4.69, 9.17) is 16.7 Å². The standard InChI is InChI=1S/C15H15ClN2O3/c1-2-7-18-8-3-4-13(18)14(19)17-10-5-6-11(15(20)21)12(16)9-10/h3-6,8-9H,2,7H2,1H3,(H,17,19)(H,20,21). The number of carbonyl (C=O) groups excluding carboxylic acids is 1. The molecule has 21 heavy (non-hydrogen) atoms. The van der Waals surface area contributed by atoms with Crippen molar-refractivity contribution in [3.05, 3.63) is 52.8 Å². The third-order valence-electron chi connectivity index (χ3n) is 2.98. The van der Waals surface area contributed by atoms with E-state index in [9.17, 15) is 9.59 Å². The Bertz CT molecular complexity index is 679. The molecular weight excluding hydrogens is 292 g/mol. The average Bonchev–Trinajstić information content (AvgIpc) is 2.87. The van der Waals surface area contributed by atoms with Gasteiger partial charge in [0.05, 0.1) is 10.6 Å². The van der Waals surface area contributed by atoms with Gasteiger partial charge in [-0.15, -0.1) is 0 Å². The molecule has 0 unspecified atom stereocenters. The zero-order chi connectivity index (χ0) is 15.4. The van der Waals surface area contributed by atoms with E-state index in [1.54, 1.807) is 6.07 Å². The Morgan fingerprint density at radius 3 is 2.71 bits per heavy atom. The number of aromatic nitrogens is 1. The maximum atomic E-state index is 12.2. The molecule has 1 aromatic heterocycles. The van der Waals surface area contributed by atoms with Crippen LogP contribution in [-0.2, 0) is 6.54 Å². The van der Waals surface area contributed by atoms with Crippen molar-refractivity contribution in [2.24, 2.45) is 0 Å². The minimum Gasteiger partial charge on any atom is -0.478 e. The number of anilines is 1. The van der Waals surface area contributed by atoms with Gasteiger partial charge in [-0.2, -0.15) is 0 Å². The number of benzene rings is 1. The number of nitrogens with one attached hydrogen (secondary N) is 1. The molecule has 1 heterocycles. The highest BCUT2D eigenvalue weighted by atomic mass is 35.5. The molecule has 2 rings (SSSR count). The topological polar surface area (TPSA) is 71.3 Å². The molecule has 0 fully saturated rings. The van der Waals surface area contributed by atoms with E-state index in [1.165, 1.54) is 18.2 Å². The third-order valence-corrected chi connectivity index (χ3v) is 3.30. The number of carboxylic acid groups (broad SMARTS) is 1. The third kappa shape index (κ3) is 3.44. The molecule has 1 aromatic carbocycles. The fraction of sp³-hybridized carbons (Fsp3) is 0.200. The maximum Gasteiger partial charge on any atom is 0.337 e. The SMILES string of the molecule is CCCn1cccc1C(=O)Nc1ccc(C(=O)O)c(Cl)c1. The molecular formula is C15H15ClN2O3. The van der Waals surface area contributed by atoms with Crippen LogP contribution in [0.5, 0.6) is 0 Å². The Morgan fingerprint density at radius 1 is 1.33 bits per heavy atom. The fourth-order valence-corrected chi connectivity index (χ4v) is 2.28. The average molecular weight is 307 g/mol. The summed E-state index contributed by atoms with van der Waals surface area (Å²) in [6.07, 6.45) is 2.77. The van der Waals surface area contributed by atoms with Gasteiger partial charge in [0.2, 0.25) is 0 Å². The summed E-state index contributed by atoms with van der Waals surface area (Å²) < 4.78 is 1.86. The highest BCUT2D eigenvalue weighted by Crippen LogP contribution is 2.21. The van der Waals surface area contributed by atoms with Crippen LogP contribution >= 0.6 is 11.6 Å². The molecule has 1 amide bonds. The van der Waals surface area contributed by atoms with Gasteiger partial charge < -0.3 is 15.0 Å². The first kappa shape index (κ1) is 15.1. The molecule has 5 nitrogen and oxygen atoms in total. The lowest BCUT2D eigenvalue weighted by Crippen LogP contribution is -2.17. The minimum atomic E-state index is -1.10. The Hall–Kier alpha value is -2.27. The van der Waals surface area contributed by atoms with Gasteiger partial charge in [-0.05, 0) is 36.8 Å². The molecule has 0 aliphatic carbocycles. The lowest BCUT2D eigenvalue weighted by molar-refractivity contribution is 0.0697. The minimum absolute atomic E-state index is 0.00373. The number of halogens is 1. The number of rotatable bonds is 5. The largest absolute Gasteiger partial charge is 0.478 e. The number of carboxylic acids is 1. The van der Waals surface area contributed by atoms with Gasteiger partial charge in [0, 0.05) is 18.4 Å². The van der Waals surface area contributed by atoms with Gasteiger partial charge in [0.25, 0.3) is 5.91 Å². The predicted octanol–water partition coefficient (Wildman–Crippen LogP) is 3.50. The zero-order valence-electron chi connectivity index (χ0n) is 11.5. The van der Waals surface area contributed by atoms with Crippen molar-refractivity contribution in [3.8, 4) is 0 Å². The molecule has 0 aliphatic heterocycles. The summed E-state index contributed by atoms with van der Waals surface area (Å²) in [5.41, 5.74) is 1.01. The summed E-state index contributed by atoms with van der Waals surface area (Å²) in [5.74, 6) is -1.36. The molecule has 0 saturated heterocycles. The first-order valence-electron chi connectivity index (χ1n) is 6.52. The van der Waals surface area contributed by atoms with E-state index >= 15 is 0 Å². The van der Waals surface area contributed by atoms with Crippen LogP contribution < -0.4 is 5.32 Å². The predicted molar refractivity (Wildman–Crippen MR) is 81.1 cm³/mol. The normalized spacial score (nSPS) is 10.4. The van der Waals surface area contributed by atoms with Crippen LogP contribution in [0.15, 0.2) is 36.5 Å². The Kier molecular flexibility index (Phi) is 4.65. The van der Waals surface area contributed by atoms with Crippen molar-refractivity contribution < 1.29 is 14.7 Å². The molecule has 0 saturated carbocycles. The van der Waals surface area contributed by atoms with E-state index in [0.717, 1.165) is 13.0 Å². The number of nitrogens with zero attached hydrogens (tertiary/aromatic N) is 1. The zero-order valence-corrected chi connectivity index (χ0v) is 12.2. The highest BCUT2D eigenvalue weighted by Gasteiger charge is 2.13. The number of aromatic carboxylic acids is 1. The highest BCUT2D eigenvalue weighted by molar-refractivity contribution is 6.33. The summed E-state index contributed by atoms with van der Waals surface area (Å²) >= 11 is 5.88. The molecule has 2 aromatic rings. The summed E-state index contributed by atoms with van der Waals surface area (Å²) in [7, 11) is 0. The number of carbonyl (C=O) groups is 2. The number of hydrogen-bond donors (Lipinski definition) is 2. The van der Waals surface area contributed by atoms with Crippen LogP contribution in [0.25, 0.3) is 0 Å². The van der Waals surface area contributed by atoms with Crippen LogP contribution in [0, 0.1) is 0 Å². The molecule has 0 spiro atoms. The first-order chi connectivity index (χ1) is 10.0. The molecule has 0 radical (unpaired) electrons. The monoisotopic (exact) mass is 306 g/mol. The van der Waals surface area contributed by atoms with Gasteiger partial charge in [-0.1, -0.05) is 18.5 Å². The second kappa shape index (κ2) is 6.45. The molecule has 0 atom stereocenters. The van der Waals surface area contributed by atoms with Crippen LogP contribution in [-0.4, -0.2) is 21.6 Å². The number of amides is 1. The van der Waals surface area contributed by atoms with Crippen molar-refractivity contribution in [2.45, 2.75) is 19.9 Å². The first-order valence-corrected chi connectivity index (χ1v) is 6.90. The summed E-state index contributed by atoms with van der Waals surface area (Å²) in [5, 5.41) is 11.7. The molecule has 2 N–H and O–H groups in total. The van der Waals surface area contributed by atoms with Crippen LogP contribution in [0.4, 0.5) is 5.69 Å². The Morgan fingerprint density at radius 2 is 2.10 bits per heavy atom. The summed E-state index contributed by atoms with van der Waals surface area (Å²) in [4.78, 5) is 23.1. The van der Waals surface area contributed by atoms with E-state index in [1.807, 2.05) is 23.8 Å². The van der Waals surface area contributed by atoms with Crippen molar-refractivity contribution in [2.75, 3.05) is 5.32 Å². The summed E-state index contributed by atoms with van der Waals surface area (Å²) in [6, 6.07) is 7.85. The number of hydrogen-bond acceptors (Lipinski definition) is 2. The Labute approximate surface area is 127 Å². The van der Waals surface area contributed by atoms with Crippen LogP contribution in [0.2, 0.25) is 5.02 Å². The smallest absolute Gasteiger partial charge is 0.337 e. The Balaban J connectivity index is 2.18. The van der Waals surface area contributed by atoms with Gasteiger partial charge in [0.15, 0.2) is 0 Å². The van der Waals surface area contributed by atoms with Gasteiger partial charge in [-0.3, -0.25) is 4.79 Å². The maximum absolute atomic E-state index is 12.2. The quantitative estimate of drug-likeness (QED) is 0.888. The fourth-order valence-electron chi connectivity index (χ4n) is 2.02. The lowest BCUT2D eigenvalue weighted by Gasteiger charge is -2.09. The number of aryl methyl sites for hydroxylation is 1. The summed E-state index contributed by atoms with van der Waals surface area (Å²) in [6.45, 7) is 2.79. The lowest BCUT2D eigenvalue weighted by atomic mass is 10.2. The van der Waals surface area contributed by atoms with E-state index in [-0.39, 0.29) is 16.5 Å². The van der Waals surface area contributed by atoms with Crippen molar-refractivity contribution >= 4 is 29.2 Å². The van der Waals surface area contributed by atoms with E-state index in [0.29, 0.717) is 11.4 Å². The van der Waals surface area contributed by atoms with Gasteiger partial charge in [-0.25, -0.2) is 4.79 Å². The second-order valence-corrected chi connectivity index (χ2v) is 4.95.